The van der Waals surface area contributed by atoms with E-state index in [1.807, 2.05) is 6.26 Å². The molecule has 0 unspecified atom stereocenters. The second-order valence-electron chi connectivity index (χ2n) is 2.71. The minimum atomic E-state index is -0.371. The van der Waals surface area contributed by atoms with Crippen molar-refractivity contribution < 1.29 is 14.3 Å². The molecule has 0 saturated carbocycles. The van der Waals surface area contributed by atoms with Crippen LogP contribution >= 0.6 is 11.9 Å². The van der Waals surface area contributed by atoms with Crippen molar-refractivity contribution in [2.45, 2.75) is 0 Å². The SMILES string of the molecule is COC(=O)c1ccc(NSC)c(OC)c1. The highest BCUT2D eigenvalue weighted by molar-refractivity contribution is 7.99. The third-order valence-electron chi connectivity index (χ3n) is 1.83. The van der Waals surface area contributed by atoms with Crippen LogP contribution in [0.15, 0.2) is 18.2 Å². The highest BCUT2D eigenvalue weighted by Gasteiger charge is 2.09. The van der Waals surface area contributed by atoms with Crippen molar-refractivity contribution in [3.05, 3.63) is 23.8 Å². The zero-order chi connectivity index (χ0) is 11.3. The lowest BCUT2D eigenvalue weighted by Crippen LogP contribution is -2.02. The molecule has 1 aromatic carbocycles. The predicted octanol–water partition coefficient (Wildman–Crippen LogP) is 2.17. The monoisotopic (exact) mass is 227 g/mol. The molecule has 0 heterocycles. The number of hydrogen-bond acceptors (Lipinski definition) is 5. The first kappa shape index (κ1) is 11.7. The summed E-state index contributed by atoms with van der Waals surface area (Å²) in [6.07, 6.45) is 1.91. The lowest BCUT2D eigenvalue weighted by Gasteiger charge is -2.09. The van der Waals surface area contributed by atoms with Crippen LogP contribution in [0.25, 0.3) is 0 Å². The standard InChI is InChI=1S/C10H13NO3S/c1-13-9-6-7(10(12)14-2)4-5-8(9)11-15-3/h4-6,11H,1-3H3. The van der Waals surface area contributed by atoms with E-state index in [0.29, 0.717) is 11.3 Å². The summed E-state index contributed by atoms with van der Waals surface area (Å²) in [6.45, 7) is 0. The molecule has 5 heteroatoms. The third-order valence-corrected chi connectivity index (χ3v) is 2.26. The van der Waals surface area contributed by atoms with Gasteiger partial charge >= 0.3 is 5.97 Å². The minimum Gasteiger partial charge on any atom is -0.495 e. The van der Waals surface area contributed by atoms with E-state index < -0.39 is 0 Å². The lowest BCUT2D eigenvalue weighted by molar-refractivity contribution is 0.0600. The van der Waals surface area contributed by atoms with Crippen LogP contribution in [0.2, 0.25) is 0 Å². The lowest BCUT2D eigenvalue weighted by atomic mass is 10.2. The Morgan fingerprint density at radius 3 is 2.67 bits per heavy atom. The molecule has 0 aliphatic carbocycles. The number of rotatable bonds is 4. The average Bonchev–Trinajstić information content (AvgIpc) is 2.29. The molecule has 4 nitrogen and oxygen atoms in total. The van der Waals surface area contributed by atoms with Crippen LogP contribution in [0.3, 0.4) is 0 Å². The van der Waals surface area contributed by atoms with Gasteiger partial charge in [0.05, 0.1) is 25.5 Å². The van der Waals surface area contributed by atoms with Crippen LogP contribution in [0.1, 0.15) is 10.4 Å². The molecule has 1 aromatic rings. The summed E-state index contributed by atoms with van der Waals surface area (Å²) in [7, 11) is 2.91. The van der Waals surface area contributed by atoms with Crippen molar-refractivity contribution in [2.75, 3.05) is 25.2 Å². The number of carbonyl (C=O) groups is 1. The van der Waals surface area contributed by atoms with Crippen molar-refractivity contribution in [3.63, 3.8) is 0 Å². The van der Waals surface area contributed by atoms with Crippen LogP contribution < -0.4 is 9.46 Å². The Morgan fingerprint density at radius 2 is 2.13 bits per heavy atom. The number of hydrogen-bond donors (Lipinski definition) is 1. The molecule has 1 N–H and O–H groups in total. The van der Waals surface area contributed by atoms with Crippen molar-refractivity contribution in [1.29, 1.82) is 0 Å². The zero-order valence-corrected chi connectivity index (χ0v) is 9.68. The van der Waals surface area contributed by atoms with E-state index in [9.17, 15) is 4.79 Å². The maximum absolute atomic E-state index is 11.2. The maximum Gasteiger partial charge on any atom is 0.337 e. The van der Waals surface area contributed by atoms with E-state index in [0.717, 1.165) is 5.69 Å². The molecule has 0 spiro atoms. The zero-order valence-electron chi connectivity index (χ0n) is 8.87. The van der Waals surface area contributed by atoms with Crippen LogP contribution in [0.5, 0.6) is 5.75 Å². The maximum atomic E-state index is 11.2. The number of carbonyl (C=O) groups excluding carboxylic acids is 1. The first-order valence-electron chi connectivity index (χ1n) is 4.28. The molecule has 0 aliphatic heterocycles. The molecule has 0 fully saturated rings. The Bertz CT molecular complexity index is 355. The number of benzene rings is 1. The minimum absolute atomic E-state index is 0.371. The Morgan fingerprint density at radius 1 is 1.40 bits per heavy atom. The first-order chi connectivity index (χ1) is 7.22. The van der Waals surface area contributed by atoms with Gasteiger partial charge in [0.1, 0.15) is 5.75 Å². The van der Waals surface area contributed by atoms with E-state index in [2.05, 4.69) is 9.46 Å². The van der Waals surface area contributed by atoms with Gasteiger partial charge in [-0.05, 0) is 18.2 Å². The van der Waals surface area contributed by atoms with E-state index in [1.165, 1.54) is 19.1 Å². The first-order valence-corrected chi connectivity index (χ1v) is 5.50. The second-order valence-corrected chi connectivity index (χ2v) is 3.33. The summed E-state index contributed by atoms with van der Waals surface area (Å²) in [5.41, 5.74) is 1.30. The fourth-order valence-electron chi connectivity index (χ4n) is 1.13. The summed E-state index contributed by atoms with van der Waals surface area (Å²) in [5.74, 6) is 0.247. The molecule has 0 aliphatic rings. The van der Waals surface area contributed by atoms with Gasteiger partial charge in [0.15, 0.2) is 0 Å². The van der Waals surface area contributed by atoms with Crippen molar-refractivity contribution >= 4 is 23.6 Å². The molecular formula is C10H13NO3S. The Balaban J connectivity index is 3.01. The summed E-state index contributed by atoms with van der Waals surface area (Å²) in [4.78, 5) is 11.2. The molecule has 0 radical (unpaired) electrons. The van der Waals surface area contributed by atoms with Crippen molar-refractivity contribution in [1.82, 2.24) is 0 Å². The van der Waals surface area contributed by atoms with Crippen molar-refractivity contribution in [3.8, 4) is 5.75 Å². The van der Waals surface area contributed by atoms with Crippen LogP contribution in [-0.2, 0) is 4.74 Å². The van der Waals surface area contributed by atoms with Crippen LogP contribution in [-0.4, -0.2) is 26.4 Å². The molecule has 15 heavy (non-hydrogen) atoms. The van der Waals surface area contributed by atoms with Gasteiger partial charge in [-0.25, -0.2) is 4.79 Å². The molecule has 0 saturated heterocycles. The highest BCUT2D eigenvalue weighted by atomic mass is 32.2. The fraction of sp³-hybridized carbons (Fsp3) is 0.300. The van der Waals surface area contributed by atoms with Gasteiger partial charge in [-0.2, -0.15) is 0 Å². The Kier molecular flexibility index (Phi) is 4.30. The molecule has 1 rings (SSSR count). The predicted molar refractivity (Wildman–Crippen MR) is 61.5 cm³/mol. The summed E-state index contributed by atoms with van der Waals surface area (Å²) >= 11 is 1.46. The van der Waals surface area contributed by atoms with Gasteiger partial charge in [0, 0.05) is 6.26 Å². The molecule has 0 atom stereocenters. The largest absolute Gasteiger partial charge is 0.495 e. The highest BCUT2D eigenvalue weighted by Crippen LogP contribution is 2.27. The Labute approximate surface area is 93.1 Å². The van der Waals surface area contributed by atoms with E-state index >= 15 is 0 Å². The van der Waals surface area contributed by atoms with Gasteiger partial charge < -0.3 is 14.2 Å². The van der Waals surface area contributed by atoms with Gasteiger partial charge in [-0.3, -0.25) is 0 Å². The number of methoxy groups -OCH3 is 2. The number of esters is 1. The van der Waals surface area contributed by atoms with E-state index in [1.54, 1.807) is 25.3 Å². The molecular weight excluding hydrogens is 214 g/mol. The normalized spacial score (nSPS) is 9.53. The van der Waals surface area contributed by atoms with Crippen LogP contribution in [0, 0.1) is 0 Å². The summed E-state index contributed by atoms with van der Waals surface area (Å²) < 4.78 is 12.8. The van der Waals surface area contributed by atoms with Crippen molar-refractivity contribution in [2.24, 2.45) is 0 Å². The molecule has 0 aromatic heterocycles. The topological polar surface area (TPSA) is 47.6 Å². The second kappa shape index (κ2) is 5.50. The van der Waals surface area contributed by atoms with E-state index in [-0.39, 0.29) is 5.97 Å². The third kappa shape index (κ3) is 2.79. The van der Waals surface area contributed by atoms with Gasteiger partial charge in [0.25, 0.3) is 0 Å². The molecule has 0 amide bonds. The van der Waals surface area contributed by atoms with E-state index in [4.69, 9.17) is 4.74 Å². The Hall–Kier alpha value is -1.36. The quantitative estimate of drug-likeness (QED) is 0.631. The molecule has 0 bridgehead atoms. The summed E-state index contributed by atoms with van der Waals surface area (Å²) in [5, 5.41) is 0. The number of nitrogens with one attached hydrogen (secondary N) is 1. The summed E-state index contributed by atoms with van der Waals surface area (Å²) in [6, 6.07) is 5.11. The molecule has 82 valence electrons. The smallest absolute Gasteiger partial charge is 0.337 e. The van der Waals surface area contributed by atoms with Crippen LogP contribution in [0.4, 0.5) is 5.69 Å². The van der Waals surface area contributed by atoms with Gasteiger partial charge in [-0.1, -0.05) is 11.9 Å². The fourth-order valence-corrected chi connectivity index (χ4v) is 1.52. The van der Waals surface area contributed by atoms with Gasteiger partial charge in [0.2, 0.25) is 0 Å². The number of ether oxygens (including phenoxy) is 2. The van der Waals surface area contributed by atoms with Gasteiger partial charge in [-0.15, -0.1) is 0 Å². The number of anilines is 1. The average molecular weight is 227 g/mol.